The molecule has 0 radical (unpaired) electrons. The Morgan fingerprint density at radius 2 is 2.09 bits per heavy atom. The van der Waals surface area contributed by atoms with E-state index in [0.29, 0.717) is 18.7 Å². The Morgan fingerprint density at radius 1 is 1.26 bits per heavy atom. The maximum Gasteiger partial charge on any atom is 0.129 e. The van der Waals surface area contributed by atoms with Crippen LogP contribution in [0.4, 0.5) is 5.69 Å². The number of β-amino-alcohol motifs (C(OH)–C–C–N with tert-alkyl or cyclic N) is 1. The summed E-state index contributed by atoms with van der Waals surface area (Å²) in [4.78, 5) is 6.91. The highest BCUT2D eigenvalue weighted by Gasteiger charge is 2.40. The van der Waals surface area contributed by atoms with Crippen molar-refractivity contribution in [3.05, 3.63) is 47.4 Å². The van der Waals surface area contributed by atoms with Crippen molar-refractivity contribution in [3.63, 3.8) is 0 Å². The van der Waals surface area contributed by atoms with E-state index in [1.807, 2.05) is 25.1 Å². The van der Waals surface area contributed by atoms with Crippen LogP contribution in [0.3, 0.4) is 0 Å². The molecule has 1 aromatic carbocycles. The molecule has 0 saturated carbocycles. The fraction of sp³-hybridized carbons (Fsp3) is 0.353. The maximum absolute atomic E-state index is 10.9. The van der Waals surface area contributed by atoms with Gasteiger partial charge in [0.1, 0.15) is 11.3 Å². The van der Waals surface area contributed by atoms with Gasteiger partial charge in [-0.2, -0.15) is 15.4 Å². The highest BCUT2D eigenvalue weighted by molar-refractivity contribution is 5.94. The van der Waals surface area contributed by atoms with Crippen LogP contribution in [0.15, 0.2) is 30.5 Å². The van der Waals surface area contributed by atoms with Gasteiger partial charge in [-0.25, -0.2) is 0 Å². The van der Waals surface area contributed by atoms with Gasteiger partial charge in [-0.3, -0.25) is 4.98 Å². The van der Waals surface area contributed by atoms with Gasteiger partial charge in [0.05, 0.1) is 23.9 Å². The summed E-state index contributed by atoms with van der Waals surface area (Å²) in [5.41, 5.74) is 3.98. The zero-order chi connectivity index (χ0) is 16.0. The number of anilines is 1. The number of aromatic amines is 1. The number of aryl methyl sites for hydroxylation is 1. The second-order valence-electron chi connectivity index (χ2n) is 6.25. The monoisotopic (exact) mass is 309 g/mol. The minimum atomic E-state index is -0.961. The third kappa shape index (κ3) is 2.17. The molecule has 0 unspecified atom stereocenters. The van der Waals surface area contributed by atoms with E-state index in [1.54, 1.807) is 6.20 Å². The molecule has 0 bridgehead atoms. The van der Waals surface area contributed by atoms with Crippen molar-refractivity contribution in [2.24, 2.45) is 0 Å². The molecule has 2 N–H and O–H groups in total. The molecule has 0 amide bonds. The van der Waals surface area contributed by atoms with Gasteiger partial charge in [-0.05, 0) is 25.5 Å². The van der Waals surface area contributed by atoms with Crippen molar-refractivity contribution in [1.29, 1.82) is 0 Å². The molecule has 3 aromatic rings. The lowest BCUT2D eigenvalue weighted by molar-refractivity contribution is 0.0560. The Morgan fingerprint density at radius 3 is 2.87 bits per heavy atom. The number of nitrogens with one attached hydrogen (secondary N) is 1. The van der Waals surface area contributed by atoms with Crippen molar-refractivity contribution in [2.75, 3.05) is 18.0 Å². The largest absolute Gasteiger partial charge is 0.381 e. The molecule has 1 saturated heterocycles. The second kappa shape index (κ2) is 5.03. The summed E-state index contributed by atoms with van der Waals surface area (Å²) in [6.45, 7) is 5.41. The standard InChI is InChI=1S/C17H19N5O/c1-11-12(2)19-14-6-4-3-5-13(14)16(11)22-8-7-17(23,10-22)15-9-18-21-20-15/h3-6,9,23H,7-8,10H2,1-2H3,(H,18,20,21)/t17-/m0/s1. The minimum Gasteiger partial charge on any atom is -0.381 e. The van der Waals surface area contributed by atoms with Crippen molar-refractivity contribution >= 4 is 16.6 Å². The molecular weight excluding hydrogens is 290 g/mol. The average molecular weight is 309 g/mol. The van der Waals surface area contributed by atoms with Gasteiger partial charge in [0.15, 0.2) is 0 Å². The highest BCUT2D eigenvalue weighted by atomic mass is 16.3. The van der Waals surface area contributed by atoms with Gasteiger partial charge in [-0.15, -0.1) is 0 Å². The molecule has 3 heterocycles. The molecule has 1 aliphatic heterocycles. The van der Waals surface area contributed by atoms with Crippen LogP contribution in [0.1, 0.15) is 23.4 Å². The molecule has 1 atom stereocenters. The maximum atomic E-state index is 10.9. The fourth-order valence-corrected chi connectivity index (χ4v) is 3.44. The summed E-state index contributed by atoms with van der Waals surface area (Å²) in [5, 5.41) is 22.6. The predicted octanol–water partition coefficient (Wildman–Crippen LogP) is 2.07. The molecule has 118 valence electrons. The van der Waals surface area contributed by atoms with Crippen LogP contribution < -0.4 is 4.90 Å². The summed E-state index contributed by atoms with van der Waals surface area (Å²) in [5.74, 6) is 0. The Balaban J connectivity index is 1.80. The quantitative estimate of drug-likeness (QED) is 0.757. The average Bonchev–Trinajstić information content (AvgIpc) is 3.19. The third-order valence-corrected chi connectivity index (χ3v) is 4.80. The van der Waals surface area contributed by atoms with Crippen molar-refractivity contribution in [2.45, 2.75) is 25.9 Å². The molecule has 1 aliphatic rings. The van der Waals surface area contributed by atoms with Crippen LogP contribution in [-0.4, -0.2) is 38.6 Å². The first-order valence-corrected chi connectivity index (χ1v) is 7.78. The summed E-state index contributed by atoms with van der Waals surface area (Å²) < 4.78 is 0. The Kier molecular flexibility index (Phi) is 3.09. The number of pyridine rings is 1. The molecule has 4 rings (SSSR count). The summed E-state index contributed by atoms with van der Waals surface area (Å²) in [6, 6.07) is 8.16. The zero-order valence-electron chi connectivity index (χ0n) is 13.2. The number of fused-ring (bicyclic) bond motifs is 1. The second-order valence-corrected chi connectivity index (χ2v) is 6.25. The topological polar surface area (TPSA) is 77.9 Å². The van der Waals surface area contributed by atoms with Gasteiger partial charge in [0.25, 0.3) is 0 Å². The van der Waals surface area contributed by atoms with E-state index < -0.39 is 5.60 Å². The predicted molar refractivity (Wildman–Crippen MR) is 88.3 cm³/mol. The fourth-order valence-electron chi connectivity index (χ4n) is 3.44. The minimum absolute atomic E-state index is 0.508. The number of nitrogens with zero attached hydrogens (tertiary/aromatic N) is 4. The number of rotatable bonds is 2. The van der Waals surface area contributed by atoms with E-state index in [2.05, 4.69) is 38.3 Å². The molecule has 6 nitrogen and oxygen atoms in total. The molecule has 2 aromatic heterocycles. The number of hydrogen-bond donors (Lipinski definition) is 2. The number of H-pyrrole nitrogens is 1. The van der Waals surface area contributed by atoms with Crippen LogP contribution in [0.5, 0.6) is 0 Å². The van der Waals surface area contributed by atoms with Crippen LogP contribution in [0.25, 0.3) is 10.9 Å². The SMILES string of the molecule is Cc1nc2ccccc2c(N2CC[C@@](O)(c3cn[nH]n3)C2)c1C. The van der Waals surface area contributed by atoms with Gasteiger partial charge in [0.2, 0.25) is 0 Å². The summed E-state index contributed by atoms with van der Waals surface area (Å²) >= 11 is 0. The number of aliphatic hydroxyl groups is 1. The lowest BCUT2D eigenvalue weighted by atomic mass is 10.00. The van der Waals surface area contributed by atoms with E-state index in [1.165, 1.54) is 0 Å². The molecule has 1 fully saturated rings. The van der Waals surface area contributed by atoms with Crippen molar-refractivity contribution < 1.29 is 5.11 Å². The van der Waals surface area contributed by atoms with E-state index in [4.69, 9.17) is 0 Å². The van der Waals surface area contributed by atoms with Crippen LogP contribution in [-0.2, 0) is 5.60 Å². The van der Waals surface area contributed by atoms with Gasteiger partial charge < -0.3 is 10.0 Å². The van der Waals surface area contributed by atoms with Gasteiger partial charge in [-0.1, -0.05) is 18.2 Å². The first-order valence-electron chi connectivity index (χ1n) is 7.78. The van der Waals surface area contributed by atoms with Crippen LogP contribution in [0, 0.1) is 13.8 Å². The molecule has 6 heteroatoms. The van der Waals surface area contributed by atoms with Crippen LogP contribution >= 0.6 is 0 Å². The summed E-state index contributed by atoms with van der Waals surface area (Å²) in [6.07, 6.45) is 2.24. The van der Waals surface area contributed by atoms with E-state index in [9.17, 15) is 5.11 Å². The molecule has 23 heavy (non-hydrogen) atoms. The Hall–Kier alpha value is -2.47. The Labute approximate surface area is 134 Å². The first-order chi connectivity index (χ1) is 11.1. The number of para-hydroxylation sites is 1. The van der Waals surface area contributed by atoms with E-state index >= 15 is 0 Å². The van der Waals surface area contributed by atoms with E-state index in [-0.39, 0.29) is 0 Å². The lowest BCUT2D eigenvalue weighted by Crippen LogP contribution is -2.31. The van der Waals surface area contributed by atoms with Gasteiger partial charge >= 0.3 is 0 Å². The third-order valence-electron chi connectivity index (χ3n) is 4.80. The Bertz CT molecular complexity index is 861. The molecular formula is C17H19N5O. The lowest BCUT2D eigenvalue weighted by Gasteiger charge is -2.25. The number of hydrogen-bond acceptors (Lipinski definition) is 5. The molecule has 0 spiro atoms. The first kappa shape index (κ1) is 14.1. The smallest absolute Gasteiger partial charge is 0.129 e. The van der Waals surface area contributed by atoms with Gasteiger partial charge in [0, 0.05) is 24.0 Å². The number of benzene rings is 1. The molecule has 0 aliphatic carbocycles. The highest BCUT2D eigenvalue weighted by Crippen LogP contribution is 2.38. The summed E-state index contributed by atoms with van der Waals surface area (Å²) in [7, 11) is 0. The van der Waals surface area contributed by atoms with Crippen molar-refractivity contribution in [1.82, 2.24) is 20.4 Å². The van der Waals surface area contributed by atoms with Crippen LogP contribution in [0.2, 0.25) is 0 Å². The van der Waals surface area contributed by atoms with Crippen molar-refractivity contribution in [3.8, 4) is 0 Å². The normalized spacial score (nSPS) is 21.3. The van der Waals surface area contributed by atoms with E-state index in [0.717, 1.165) is 34.4 Å². The zero-order valence-corrected chi connectivity index (χ0v) is 13.2. The number of aromatic nitrogens is 4.